The Labute approximate surface area is 144 Å². The third kappa shape index (κ3) is 2.47. The van der Waals surface area contributed by atoms with Gasteiger partial charge in [0.2, 0.25) is 11.9 Å². The Balaban J connectivity index is 1.85. The zero-order valence-electron chi connectivity index (χ0n) is 14.0. The molecular formula is C17H18N8. The third-order valence-electron chi connectivity index (χ3n) is 4.08. The number of aryl methyl sites for hydroxylation is 2. The van der Waals surface area contributed by atoms with Gasteiger partial charge in [-0.05, 0) is 19.9 Å². The van der Waals surface area contributed by atoms with Gasteiger partial charge in [-0.2, -0.15) is 15.1 Å². The third-order valence-corrected chi connectivity index (χ3v) is 4.08. The van der Waals surface area contributed by atoms with Gasteiger partial charge in [0.05, 0.1) is 5.69 Å². The first-order valence-corrected chi connectivity index (χ1v) is 7.99. The van der Waals surface area contributed by atoms with Crippen LogP contribution in [-0.4, -0.2) is 29.3 Å². The normalized spacial score (nSPS) is 11.3. The molecule has 0 unspecified atom stereocenters. The quantitative estimate of drug-likeness (QED) is 0.593. The van der Waals surface area contributed by atoms with Crippen molar-refractivity contribution in [3.8, 4) is 17.2 Å². The molecule has 0 amide bonds. The molecule has 4 N–H and O–H groups in total. The number of aromatic nitrogens is 6. The molecule has 1 aromatic carbocycles. The summed E-state index contributed by atoms with van der Waals surface area (Å²) in [6.07, 6.45) is 1.87. The van der Waals surface area contributed by atoms with Crippen molar-refractivity contribution in [1.82, 2.24) is 29.3 Å². The second-order valence-electron chi connectivity index (χ2n) is 5.81. The molecule has 3 aromatic heterocycles. The predicted molar refractivity (Wildman–Crippen MR) is 97.1 cm³/mol. The second-order valence-corrected chi connectivity index (χ2v) is 5.81. The molecule has 25 heavy (non-hydrogen) atoms. The molecule has 8 heteroatoms. The van der Waals surface area contributed by atoms with Gasteiger partial charge >= 0.3 is 0 Å². The fraction of sp³-hybridized carbons (Fsp3) is 0.176. The number of hydrogen-bond donors (Lipinski definition) is 2. The number of imidazole rings is 1. The molecule has 4 rings (SSSR count). The maximum Gasteiger partial charge on any atom is 0.233 e. The van der Waals surface area contributed by atoms with Crippen molar-refractivity contribution in [2.75, 3.05) is 11.5 Å². The molecular weight excluding hydrogens is 316 g/mol. The summed E-state index contributed by atoms with van der Waals surface area (Å²) in [4.78, 5) is 12.8. The van der Waals surface area contributed by atoms with Gasteiger partial charge in [-0.15, -0.1) is 0 Å². The average molecular weight is 334 g/mol. The standard InChI is InChI=1S/C17H18N8/c1-3-24-15-13(14(18)21-16(19)22-15)20-17(24)25-9-8-12(23-25)11-6-4-10(2)5-7-11/h4-9H,3H2,1-2H3,(H4,18,19,21,22). The summed E-state index contributed by atoms with van der Waals surface area (Å²) in [6, 6.07) is 10.2. The van der Waals surface area contributed by atoms with E-state index >= 15 is 0 Å². The van der Waals surface area contributed by atoms with Crippen molar-refractivity contribution in [2.45, 2.75) is 20.4 Å². The van der Waals surface area contributed by atoms with Crippen LogP contribution in [0, 0.1) is 6.92 Å². The Morgan fingerprint density at radius 2 is 1.76 bits per heavy atom. The van der Waals surface area contributed by atoms with Crippen LogP contribution in [0.5, 0.6) is 0 Å². The molecule has 0 spiro atoms. The molecule has 126 valence electrons. The van der Waals surface area contributed by atoms with E-state index in [1.54, 1.807) is 4.68 Å². The Bertz CT molecular complexity index is 1060. The van der Waals surface area contributed by atoms with E-state index < -0.39 is 0 Å². The van der Waals surface area contributed by atoms with E-state index in [9.17, 15) is 0 Å². The number of nitrogen functional groups attached to an aromatic ring is 2. The van der Waals surface area contributed by atoms with Crippen LogP contribution in [0.4, 0.5) is 11.8 Å². The molecule has 8 nitrogen and oxygen atoms in total. The number of anilines is 2. The highest BCUT2D eigenvalue weighted by Crippen LogP contribution is 2.23. The van der Waals surface area contributed by atoms with E-state index in [0.717, 1.165) is 11.3 Å². The first kappa shape index (κ1) is 15.1. The fourth-order valence-electron chi connectivity index (χ4n) is 2.81. The number of fused-ring (bicyclic) bond motifs is 1. The van der Waals surface area contributed by atoms with E-state index in [4.69, 9.17) is 11.5 Å². The summed E-state index contributed by atoms with van der Waals surface area (Å²) < 4.78 is 3.63. The summed E-state index contributed by atoms with van der Waals surface area (Å²) in [6.45, 7) is 4.72. The molecule has 3 heterocycles. The van der Waals surface area contributed by atoms with Crippen LogP contribution in [-0.2, 0) is 6.54 Å². The lowest BCUT2D eigenvalue weighted by molar-refractivity contribution is 0.698. The largest absolute Gasteiger partial charge is 0.382 e. The SMILES string of the molecule is CCn1c(-n2ccc(-c3ccc(C)cc3)n2)nc2c(N)nc(N)nc21. The van der Waals surface area contributed by atoms with Crippen LogP contribution in [0.25, 0.3) is 28.4 Å². The molecule has 0 aliphatic carbocycles. The summed E-state index contributed by atoms with van der Waals surface area (Å²) in [5, 5.41) is 4.65. The molecule has 0 aliphatic heterocycles. The Hall–Kier alpha value is -3.42. The van der Waals surface area contributed by atoms with E-state index in [0.29, 0.717) is 23.7 Å². The lowest BCUT2D eigenvalue weighted by atomic mass is 10.1. The number of hydrogen-bond acceptors (Lipinski definition) is 6. The van der Waals surface area contributed by atoms with Crippen molar-refractivity contribution in [3.63, 3.8) is 0 Å². The van der Waals surface area contributed by atoms with Crippen LogP contribution in [0.15, 0.2) is 36.5 Å². The molecule has 4 aromatic rings. The lowest BCUT2D eigenvalue weighted by Gasteiger charge is -2.05. The maximum absolute atomic E-state index is 5.95. The van der Waals surface area contributed by atoms with Crippen LogP contribution >= 0.6 is 0 Å². The Kier molecular flexibility index (Phi) is 3.38. The average Bonchev–Trinajstić information content (AvgIpc) is 3.19. The molecule has 0 aliphatic rings. The highest BCUT2D eigenvalue weighted by Gasteiger charge is 2.17. The first-order chi connectivity index (χ1) is 12.1. The van der Waals surface area contributed by atoms with E-state index in [2.05, 4.69) is 51.2 Å². The minimum Gasteiger partial charge on any atom is -0.382 e. The number of rotatable bonds is 3. The molecule has 0 saturated heterocycles. The summed E-state index contributed by atoms with van der Waals surface area (Å²) in [7, 11) is 0. The van der Waals surface area contributed by atoms with Gasteiger partial charge in [-0.3, -0.25) is 4.57 Å². The smallest absolute Gasteiger partial charge is 0.233 e. The van der Waals surface area contributed by atoms with Crippen LogP contribution in [0.3, 0.4) is 0 Å². The summed E-state index contributed by atoms with van der Waals surface area (Å²) >= 11 is 0. The highest BCUT2D eigenvalue weighted by atomic mass is 15.4. The lowest BCUT2D eigenvalue weighted by Crippen LogP contribution is -2.07. The van der Waals surface area contributed by atoms with Crippen molar-refractivity contribution < 1.29 is 0 Å². The molecule has 0 fully saturated rings. The Morgan fingerprint density at radius 1 is 1.00 bits per heavy atom. The van der Waals surface area contributed by atoms with E-state index in [1.807, 2.05) is 23.8 Å². The number of benzene rings is 1. The van der Waals surface area contributed by atoms with E-state index in [-0.39, 0.29) is 11.8 Å². The zero-order chi connectivity index (χ0) is 17.6. The monoisotopic (exact) mass is 334 g/mol. The van der Waals surface area contributed by atoms with Crippen molar-refractivity contribution in [2.24, 2.45) is 0 Å². The minimum atomic E-state index is 0.131. The number of nitrogens with two attached hydrogens (primary N) is 2. The molecule has 0 atom stereocenters. The summed E-state index contributed by atoms with van der Waals surface area (Å²) in [5.41, 5.74) is 15.9. The fourth-order valence-corrected chi connectivity index (χ4v) is 2.81. The zero-order valence-corrected chi connectivity index (χ0v) is 14.0. The van der Waals surface area contributed by atoms with Crippen LogP contribution in [0.1, 0.15) is 12.5 Å². The van der Waals surface area contributed by atoms with Gasteiger partial charge in [0.1, 0.15) is 0 Å². The van der Waals surface area contributed by atoms with Gasteiger partial charge in [0.15, 0.2) is 17.0 Å². The molecule has 0 bridgehead atoms. The van der Waals surface area contributed by atoms with Gasteiger partial charge in [-0.1, -0.05) is 29.8 Å². The van der Waals surface area contributed by atoms with Crippen molar-refractivity contribution in [3.05, 3.63) is 42.1 Å². The predicted octanol–water partition coefficient (Wildman–Crippen LogP) is 2.17. The van der Waals surface area contributed by atoms with Gasteiger partial charge in [-0.25, -0.2) is 9.67 Å². The van der Waals surface area contributed by atoms with Gasteiger partial charge < -0.3 is 11.5 Å². The summed E-state index contributed by atoms with van der Waals surface area (Å²) in [5.74, 6) is 1.02. The first-order valence-electron chi connectivity index (χ1n) is 7.99. The molecule has 0 radical (unpaired) electrons. The van der Waals surface area contributed by atoms with Gasteiger partial charge in [0, 0.05) is 18.3 Å². The van der Waals surface area contributed by atoms with Crippen LogP contribution in [0.2, 0.25) is 0 Å². The highest BCUT2D eigenvalue weighted by molar-refractivity contribution is 5.84. The van der Waals surface area contributed by atoms with Gasteiger partial charge in [0.25, 0.3) is 0 Å². The maximum atomic E-state index is 5.95. The van der Waals surface area contributed by atoms with Crippen molar-refractivity contribution in [1.29, 1.82) is 0 Å². The van der Waals surface area contributed by atoms with Crippen molar-refractivity contribution >= 4 is 22.9 Å². The Morgan fingerprint density at radius 3 is 2.48 bits per heavy atom. The van der Waals surface area contributed by atoms with E-state index in [1.165, 1.54) is 5.56 Å². The van der Waals surface area contributed by atoms with Crippen LogP contribution < -0.4 is 11.5 Å². The minimum absolute atomic E-state index is 0.131. The topological polar surface area (TPSA) is 113 Å². The molecule has 0 saturated carbocycles. The second kappa shape index (κ2) is 5.59. The number of nitrogens with zero attached hydrogens (tertiary/aromatic N) is 6.